The highest BCUT2D eigenvalue weighted by Crippen LogP contribution is 2.15. The van der Waals surface area contributed by atoms with E-state index in [4.69, 9.17) is 0 Å². The second-order valence-corrected chi connectivity index (χ2v) is 4.43. The Hall–Kier alpha value is -1.22. The topological polar surface area (TPSA) is 12.0 Å². The molecule has 1 aromatic carbocycles. The van der Waals surface area contributed by atoms with Gasteiger partial charge in [-0.15, -0.1) is 6.58 Å². The van der Waals surface area contributed by atoms with Crippen molar-refractivity contribution in [1.82, 2.24) is 5.32 Å². The van der Waals surface area contributed by atoms with E-state index in [1.54, 1.807) is 12.1 Å². The lowest BCUT2D eigenvalue weighted by Gasteiger charge is -2.18. The average Bonchev–Trinajstić information content (AvgIpc) is 2.38. The molecular weight excluding hydrogens is 232 g/mol. The van der Waals surface area contributed by atoms with Crippen molar-refractivity contribution in [1.29, 1.82) is 0 Å². The lowest BCUT2D eigenvalue weighted by Crippen LogP contribution is -2.32. The predicted octanol–water partition coefficient (Wildman–Crippen LogP) is 3.84. The van der Waals surface area contributed by atoms with Crippen LogP contribution in [0.25, 0.3) is 0 Å². The number of hydrogen-bond acceptors (Lipinski definition) is 1. The Balaban J connectivity index is 2.68. The normalized spacial score (nSPS) is 12.4. The van der Waals surface area contributed by atoms with Crippen LogP contribution in [0.15, 0.2) is 30.9 Å². The van der Waals surface area contributed by atoms with Crippen molar-refractivity contribution in [3.05, 3.63) is 48.1 Å². The summed E-state index contributed by atoms with van der Waals surface area (Å²) in [7, 11) is 0. The second kappa shape index (κ2) is 7.98. The quantitative estimate of drug-likeness (QED) is 0.694. The maximum absolute atomic E-state index is 13.6. The molecule has 1 aromatic rings. The predicted molar refractivity (Wildman–Crippen MR) is 71.6 cm³/mol. The van der Waals surface area contributed by atoms with Crippen molar-refractivity contribution in [2.24, 2.45) is 0 Å². The van der Waals surface area contributed by atoms with Crippen LogP contribution in [0, 0.1) is 11.6 Å². The number of benzene rings is 1. The molecule has 1 nitrogen and oxygen atoms in total. The van der Waals surface area contributed by atoms with Gasteiger partial charge in [-0.25, -0.2) is 8.78 Å². The van der Waals surface area contributed by atoms with Crippen LogP contribution < -0.4 is 5.32 Å². The van der Waals surface area contributed by atoms with Gasteiger partial charge in [0.25, 0.3) is 0 Å². The average molecular weight is 253 g/mol. The monoisotopic (exact) mass is 253 g/mol. The fraction of sp³-hybridized carbons (Fsp3) is 0.467. The van der Waals surface area contributed by atoms with Gasteiger partial charge in [0.15, 0.2) is 11.6 Å². The van der Waals surface area contributed by atoms with Gasteiger partial charge in [0.1, 0.15) is 0 Å². The minimum atomic E-state index is -0.773. The first kappa shape index (κ1) is 14.8. The van der Waals surface area contributed by atoms with Crippen LogP contribution in [0.3, 0.4) is 0 Å². The molecule has 0 saturated carbocycles. The molecule has 0 radical (unpaired) electrons. The van der Waals surface area contributed by atoms with Crippen LogP contribution in [-0.2, 0) is 6.42 Å². The summed E-state index contributed by atoms with van der Waals surface area (Å²) < 4.78 is 26.7. The lowest BCUT2D eigenvalue weighted by atomic mass is 10.0. The minimum Gasteiger partial charge on any atom is -0.314 e. The molecule has 0 aliphatic carbocycles. The third-order valence-corrected chi connectivity index (χ3v) is 2.90. The van der Waals surface area contributed by atoms with E-state index in [-0.39, 0.29) is 6.04 Å². The van der Waals surface area contributed by atoms with Crippen molar-refractivity contribution in [2.45, 2.75) is 38.6 Å². The molecule has 1 unspecified atom stereocenters. The molecule has 0 spiro atoms. The van der Waals surface area contributed by atoms with E-state index in [0.29, 0.717) is 12.0 Å². The Morgan fingerprint density at radius 3 is 2.83 bits per heavy atom. The standard InChI is InChI=1S/C15H21F2N/c1-3-5-8-13(18-10-4-2)11-12-7-6-9-14(16)15(12)17/h3,6-7,9,13,18H,1,4-5,8,10-11H2,2H3. The molecule has 18 heavy (non-hydrogen) atoms. The zero-order valence-electron chi connectivity index (χ0n) is 10.9. The largest absolute Gasteiger partial charge is 0.314 e. The SMILES string of the molecule is C=CCCC(Cc1cccc(F)c1F)NCCC. The number of nitrogens with one attached hydrogen (secondary N) is 1. The van der Waals surface area contributed by atoms with Crippen LogP contribution >= 0.6 is 0 Å². The van der Waals surface area contributed by atoms with Gasteiger partial charge in [0.05, 0.1) is 0 Å². The van der Waals surface area contributed by atoms with Crippen molar-refractivity contribution in [3.63, 3.8) is 0 Å². The van der Waals surface area contributed by atoms with Crippen molar-refractivity contribution < 1.29 is 8.78 Å². The van der Waals surface area contributed by atoms with Crippen LogP contribution in [0.2, 0.25) is 0 Å². The van der Waals surface area contributed by atoms with E-state index in [2.05, 4.69) is 18.8 Å². The molecule has 0 aliphatic heterocycles. The zero-order valence-corrected chi connectivity index (χ0v) is 10.9. The molecule has 0 amide bonds. The van der Waals surface area contributed by atoms with Crippen molar-refractivity contribution >= 4 is 0 Å². The van der Waals surface area contributed by atoms with E-state index in [0.717, 1.165) is 31.9 Å². The summed E-state index contributed by atoms with van der Waals surface area (Å²) in [6.07, 6.45) is 5.15. The number of rotatable bonds is 8. The molecule has 0 aromatic heterocycles. The van der Waals surface area contributed by atoms with E-state index in [1.807, 2.05) is 6.08 Å². The maximum atomic E-state index is 13.6. The van der Waals surface area contributed by atoms with Gasteiger partial charge >= 0.3 is 0 Å². The van der Waals surface area contributed by atoms with E-state index in [1.165, 1.54) is 0 Å². The lowest BCUT2D eigenvalue weighted by molar-refractivity contribution is 0.455. The summed E-state index contributed by atoms with van der Waals surface area (Å²) in [5, 5.41) is 3.36. The molecule has 0 saturated heterocycles. The van der Waals surface area contributed by atoms with Crippen LogP contribution in [0.4, 0.5) is 8.78 Å². The Kier molecular flexibility index (Phi) is 6.58. The van der Waals surface area contributed by atoms with Crippen LogP contribution in [0.1, 0.15) is 31.7 Å². The summed E-state index contributed by atoms with van der Waals surface area (Å²) in [5.41, 5.74) is 0.438. The smallest absolute Gasteiger partial charge is 0.162 e. The molecule has 100 valence electrons. The number of allylic oxidation sites excluding steroid dienone is 1. The third kappa shape index (κ3) is 4.57. The fourth-order valence-electron chi connectivity index (χ4n) is 1.92. The van der Waals surface area contributed by atoms with Crippen LogP contribution in [0.5, 0.6) is 0 Å². The van der Waals surface area contributed by atoms with Crippen molar-refractivity contribution in [3.8, 4) is 0 Å². The Labute approximate surface area is 108 Å². The maximum Gasteiger partial charge on any atom is 0.162 e. The Morgan fingerprint density at radius 2 is 2.17 bits per heavy atom. The summed E-state index contributed by atoms with van der Waals surface area (Å²) in [6, 6.07) is 4.52. The highest BCUT2D eigenvalue weighted by molar-refractivity contribution is 5.20. The van der Waals surface area contributed by atoms with Crippen LogP contribution in [-0.4, -0.2) is 12.6 Å². The molecule has 1 atom stereocenters. The van der Waals surface area contributed by atoms with Gasteiger partial charge in [0, 0.05) is 6.04 Å². The second-order valence-electron chi connectivity index (χ2n) is 4.43. The summed E-state index contributed by atoms with van der Waals surface area (Å²) >= 11 is 0. The van der Waals surface area contributed by atoms with Gasteiger partial charge in [0.2, 0.25) is 0 Å². The first-order valence-electron chi connectivity index (χ1n) is 6.46. The van der Waals surface area contributed by atoms with Gasteiger partial charge in [-0.05, 0) is 43.9 Å². The molecule has 0 bridgehead atoms. The van der Waals surface area contributed by atoms with E-state index in [9.17, 15) is 8.78 Å². The first-order valence-corrected chi connectivity index (χ1v) is 6.46. The fourth-order valence-corrected chi connectivity index (χ4v) is 1.92. The highest BCUT2D eigenvalue weighted by Gasteiger charge is 2.13. The highest BCUT2D eigenvalue weighted by atomic mass is 19.2. The molecule has 0 fully saturated rings. The molecular formula is C15H21F2N. The van der Waals surface area contributed by atoms with Gasteiger partial charge < -0.3 is 5.32 Å². The Morgan fingerprint density at radius 1 is 1.39 bits per heavy atom. The van der Waals surface area contributed by atoms with E-state index < -0.39 is 11.6 Å². The first-order chi connectivity index (χ1) is 8.69. The third-order valence-electron chi connectivity index (χ3n) is 2.90. The molecule has 1 rings (SSSR count). The summed E-state index contributed by atoms with van der Waals surface area (Å²) in [4.78, 5) is 0. The molecule has 0 aliphatic rings. The number of halogens is 2. The summed E-state index contributed by atoms with van der Waals surface area (Å²) in [6.45, 7) is 6.66. The van der Waals surface area contributed by atoms with E-state index >= 15 is 0 Å². The zero-order chi connectivity index (χ0) is 13.4. The van der Waals surface area contributed by atoms with Crippen molar-refractivity contribution in [2.75, 3.05) is 6.54 Å². The number of hydrogen-bond donors (Lipinski definition) is 1. The minimum absolute atomic E-state index is 0.166. The van der Waals surface area contributed by atoms with Gasteiger partial charge in [-0.2, -0.15) is 0 Å². The molecule has 1 N–H and O–H groups in total. The Bertz CT molecular complexity index is 377. The van der Waals surface area contributed by atoms with Gasteiger partial charge in [-0.3, -0.25) is 0 Å². The molecule has 3 heteroatoms. The molecule has 0 heterocycles. The summed E-state index contributed by atoms with van der Waals surface area (Å²) in [5.74, 6) is -1.50. The van der Waals surface area contributed by atoms with Gasteiger partial charge in [-0.1, -0.05) is 25.1 Å².